The van der Waals surface area contributed by atoms with Gasteiger partial charge in [0.25, 0.3) is 0 Å². The minimum Gasteiger partial charge on any atom is -0.172 e. The molecule has 1 aliphatic rings. The quantitative estimate of drug-likeness (QED) is 0.152. The summed E-state index contributed by atoms with van der Waals surface area (Å²) < 4.78 is 19.0. The molecule has 1 aliphatic heterocycles. The van der Waals surface area contributed by atoms with Crippen molar-refractivity contribution in [1.82, 2.24) is 8.75 Å². The standard InChI is InChI=1S/C26H30N4S4/c1-3-5-7-9-11-17-13-19(31-15-17)21-23-25(29-33-27-23)22(26-24(21)28-34-30-26)20-14-18(16-32-20)12-10-8-6-4-2/h13-16H,3-12H2,1-2H3. The van der Waals surface area contributed by atoms with Crippen molar-refractivity contribution in [2.75, 3.05) is 0 Å². The zero-order chi connectivity index (χ0) is 23.3. The number of benzene rings is 1. The van der Waals surface area contributed by atoms with Gasteiger partial charge in [0.05, 0.1) is 23.1 Å². The van der Waals surface area contributed by atoms with Gasteiger partial charge in [0.2, 0.25) is 0 Å². The van der Waals surface area contributed by atoms with Crippen LogP contribution in [0.5, 0.6) is 0 Å². The molecule has 0 saturated carbocycles. The van der Waals surface area contributed by atoms with E-state index in [4.69, 9.17) is 17.5 Å². The Morgan fingerprint density at radius 3 is 1.62 bits per heavy atom. The SMILES string of the molecule is CCCCCCc1csc(-c2c3c(c(-c4cc(CCCCCC)cs4)c4nsnc24)N=S=N3)c1. The Kier molecular flexibility index (Phi) is 7.99. The number of aromatic nitrogens is 2. The van der Waals surface area contributed by atoms with Gasteiger partial charge in [-0.15, -0.1) is 22.7 Å². The molecule has 34 heavy (non-hydrogen) atoms. The molecule has 0 amide bonds. The zero-order valence-electron chi connectivity index (χ0n) is 19.8. The van der Waals surface area contributed by atoms with Crippen molar-refractivity contribution >= 4 is 68.2 Å². The normalized spacial score (nSPS) is 12.5. The maximum Gasteiger partial charge on any atom is 0.116 e. The third-order valence-corrected chi connectivity index (χ3v) is 9.41. The molecule has 0 fully saturated rings. The minimum absolute atomic E-state index is 0.970. The van der Waals surface area contributed by atoms with Crippen molar-refractivity contribution in [2.45, 2.75) is 78.1 Å². The first-order valence-electron chi connectivity index (χ1n) is 12.4. The lowest BCUT2D eigenvalue weighted by Gasteiger charge is -2.09. The van der Waals surface area contributed by atoms with E-state index in [1.54, 1.807) is 22.7 Å². The molecule has 0 spiro atoms. The molecule has 1 aromatic carbocycles. The molecule has 0 radical (unpaired) electrons. The summed E-state index contributed by atoms with van der Waals surface area (Å²) in [5.41, 5.74) is 8.93. The topological polar surface area (TPSA) is 50.5 Å². The van der Waals surface area contributed by atoms with Crippen molar-refractivity contribution in [3.8, 4) is 20.9 Å². The molecular formula is C26H30N4S4. The molecule has 4 aromatic rings. The molecule has 8 heteroatoms. The number of fused-ring (bicyclic) bond motifs is 2. The summed E-state index contributed by atoms with van der Waals surface area (Å²) in [6.07, 6.45) is 12.6. The van der Waals surface area contributed by atoms with Crippen molar-refractivity contribution in [3.63, 3.8) is 0 Å². The van der Waals surface area contributed by atoms with Gasteiger partial charge in [-0.05, 0) is 59.7 Å². The lowest BCUT2D eigenvalue weighted by molar-refractivity contribution is 0.667. The maximum atomic E-state index is 4.76. The Bertz CT molecular complexity index is 1240. The van der Waals surface area contributed by atoms with Crippen molar-refractivity contribution in [3.05, 3.63) is 34.0 Å². The highest BCUT2D eigenvalue weighted by Crippen LogP contribution is 2.53. The van der Waals surface area contributed by atoms with Gasteiger partial charge in [0.1, 0.15) is 22.4 Å². The summed E-state index contributed by atoms with van der Waals surface area (Å²) in [5, 5.41) is 4.60. The lowest BCUT2D eigenvalue weighted by atomic mass is 9.99. The van der Waals surface area contributed by atoms with Gasteiger partial charge in [-0.3, -0.25) is 0 Å². The second kappa shape index (κ2) is 11.3. The van der Waals surface area contributed by atoms with Crippen LogP contribution in [0.2, 0.25) is 0 Å². The van der Waals surface area contributed by atoms with Crippen LogP contribution in [0, 0.1) is 0 Å². The van der Waals surface area contributed by atoms with E-state index >= 15 is 0 Å². The largest absolute Gasteiger partial charge is 0.172 e. The van der Waals surface area contributed by atoms with Gasteiger partial charge in [0.15, 0.2) is 0 Å². The van der Waals surface area contributed by atoms with Crippen LogP contribution in [-0.2, 0) is 24.2 Å². The lowest BCUT2D eigenvalue weighted by Crippen LogP contribution is -1.86. The van der Waals surface area contributed by atoms with E-state index in [2.05, 4.69) is 36.7 Å². The third-order valence-electron chi connectivity index (χ3n) is 6.36. The molecule has 3 aromatic heterocycles. The van der Waals surface area contributed by atoms with E-state index in [0.717, 1.165) is 46.4 Å². The fourth-order valence-electron chi connectivity index (χ4n) is 4.51. The predicted molar refractivity (Wildman–Crippen MR) is 151 cm³/mol. The summed E-state index contributed by atoms with van der Waals surface area (Å²) >= 11 is 6.18. The first kappa shape index (κ1) is 24.0. The Balaban J connectivity index is 1.48. The summed E-state index contributed by atoms with van der Waals surface area (Å²) in [6.45, 7) is 4.52. The van der Waals surface area contributed by atoms with Crippen molar-refractivity contribution < 1.29 is 0 Å². The zero-order valence-corrected chi connectivity index (χ0v) is 23.1. The van der Waals surface area contributed by atoms with E-state index in [0.29, 0.717) is 0 Å². The van der Waals surface area contributed by atoms with Crippen molar-refractivity contribution in [2.24, 2.45) is 8.73 Å². The predicted octanol–water partition coefficient (Wildman–Crippen LogP) is 10.1. The van der Waals surface area contributed by atoms with Crippen molar-refractivity contribution in [1.29, 1.82) is 0 Å². The number of thiophene rings is 2. The Morgan fingerprint density at radius 1 is 0.647 bits per heavy atom. The number of rotatable bonds is 12. The van der Waals surface area contributed by atoms with Gasteiger partial charge < -0.3 is 0 Å². The first-order valence-corrected chi connectivity index (χ1v) is 15.6. The molecule has 178 valence electrons. The number of hydrogen-bond acceptors (Lipinski definition) is 7. The number of aryl methyl sites for hydroxylation is 2. The van der Waals surface area contributed by atoms with Gasteiger partial charge in [-0.1, -0.05) is 52.4 Å². The monoisotopic (exact) mass is 526 g/mol. The Morgan fingerprint density at radius 2 is 1.15 bits per heavy atom. The molecule has 5 rings (SSSR count). The fraction of sp³-hybridized carbons (Fsp3) is 0.462. The minimum atomic E-state index is 0.970. The highest BCUT2D eigenvalue weighted by Gasteiger charge is 2.27. The van der Waals surface area contributed by atoms with Gasteiger partial charge in [0, 0.05) is 20.9 Å². The molecule has 0 saturated heterocycles. The first-order chi connectivity index (χ1) is 16.8. The highest BCUT2D eigenvalue weighted by molar-refractivity contribution is 7.58. The molecule has 4 nitrogen and oxygen atoms in total. The second-order valence-electron chi connectivity index (χ2n) is 8.93. The van der Waals surface area contributed by atoms with Crippen LogP contribution in [0.25, 0.3) is 31.9 Å². The van der Waals surface area contributed by atoms with Crippen LogP contribution in [0.15, 0.2) is 31.6 Å². The van der Waals surface area contributed by atoms with E-state index in [1.807, 2.05) is 0 Å². The molecule has 0 aliphatic carbocycles. The van der Waals surface area contributed by atoms with E-state index in [-0.39, 0.29) is 0 Å². The van der Waals surface area contributed by atoms with Crippen LogP contribution in [0.3, 0.4) is 0 Å². The second-order valence-corrected chi connectivity index (χ2v) is 11.8. The summed E-state index contributed by atoms with van der Waals surface area (Å²) in [4.78, 5) is 2.46. The number of hydrogen-bond donors (Lipinski definition) is 0. The molecule has 0 N–H and O–H groups in total. The van der Waals surface area contributed by atoms with E-state index in [1.165, 1.54) is 95.3 Å². The number of unbranched alkanes of at least 4 members (excludes halogenated alkanes) is 6. The third kappa shape index (κ3) is 4.96. The molecule has 0 unspecified atom stereocenters. The summed E-state index contributed by atoms with van der Waals surface area (Å²) in [7, 11) is 0. The van der Waals surface area contributed by atoms with Crippen LogP contribution in [0.4, 0.5) is 11.4 Å². The summed E-state index contributed by atoms with van der Waals surface area (Å²) in [6, 6.07) is 4.67. The van der Waals surface area contributed by atoms with Gasteiger partial charge in [-0.2, -0.15) is 17.5 Å². The maximum absolute atomic E-state index is 4.76. The van der Waals surface area contributed by atoms with E-state index in [9.17, 15) is 0 Å². The smallest absolute Gasteiger partial charge is 0.116 e. The van der Waals surface area contributed by atoms with Gasteiger partial charge >= 0.3 is 0 Å². The molecular weight excluding hydrogens is 497 g/mol. The fourth-order valence-corrected chi connectivity index (χ4v) is 7.62. The molecule has 4 heterocycles. The van der Waals surface area contributed by atoms with Crippen LogP contribution >= 0.6 is 34.4 Å². The van der Waals surface area contributed by atoms with Crippen LogP contribution < -0.4 is 0 Å². The molecule has 0 bridgehead atoms. The number of nitrogens with zero attached hydrogens (tertiary/aromatic N) is 4. The van der Waals surface area contributed by atoms with Crippen LogP contribution in [0.1, 0.15) is 76.3 Å². The molecule has 0 atom stereocenters. The van der Waals surface area contributed by atoms with E-state index < -0.39 is 0 Å². The Labute approximate surface area is 217 Å². The average Bonchev–Trinajstić information content (AvgIpc) is 3.65. The van der Waals surface area contributed by atoms with Crippen LogP contribution in [-0.4, -0.2) is 8.75 Å². The highest BCUT2D eigenvalue weighted by atomic mass is 32.1. The average molecular weight is 527 g/mol. The summed E-state index contributed by atoms with van der Waals surface area (Å²) in [5.74, 6) is 0. The van der Waals surface area contributed by atoms with Gasteiger partial charge in [-0.25, -0.2) is 0 Å². The Hall–Kier alpha value is -1.74.